The Morgan fingerprint density at radius 2 is 1.35 bits per heavy atom. The molecule has 0 aromatic heterocycles. The molecule has 2 heterocycles. The molecular weight excluding hydrogens is 833 g/mol. The number of allylic oxidation sites excluding steroid dienone is 7. The van der Waals surface area contributed by atoms with Crippen molar-refractivity contribution in [1.29, 1.82) is 0 Å². The maximum atomic E-state index is 12.3. The molecule has 0 fully saturated rings. The van der Waals surface area contributed by atoms with Gasteiger partial charge in [0.1, 0.15) is 11.5 Å². The molecular formula is C50H69N4O7S2+3. The molecule has 1 aliphatic carbocycles. The topological polar surface area (TPSA) is 124 Å². The Morgan fingerprint density at radius 1 is 0.746 bits per heavy atom. The van der Waals surface area contributed by atoms with E-state index in [0.717, 1.165) is 130 Å². The number of aryl methyl sites for hydroxylation is 1. The summed E-state index contributed by atoms with van der Waals surface area (Å²) < 4.78 is 80.1. The first-order valence-electron chi connectivity index (χ1n) is 22.1. The van der Waals surface area contributed by atoms with Crippen LogP contribution in [0.3, 0.4) is 0 Å². The zero-order chi connectivity index (χ0) is 46.3. The number of rotatable bonds is 16. The Labute approximate surface area is 377 Å². The lowest BCUT2D eigenvalue weighted by molar-refractivity contribution is -0.871. The third-order valence-electron chi connectivity index (χ3n) is 12.7. The van der Waals surface area contributed by atoms with Crippen molar-refractivity contribution < 1.29 is 44.2 Å². The Bertz CT molecular complexity index is 2620. The Hall–Kier alpha value is -4.37. The van der Waals surface area contributed by atoms with Crippen molar-refractivity contribution in [2.24, 2.45) is 0 Å². The van der Waals surface area contributed by atoms with Crippen LogP contribution in [0.5, 0.6) is 5.75 Å². The second-order valence-corrected chi connectivity index (χ2v) is 23.2. The first-order valence-corrected chi connectivity index (χ1v) is 25.0. The quantitative estimate of drug-likeness (QED) is 0.0830. The number of hydrogen-bond donors (Lipinski definition) is 2. The van der Waals surface area contributed by atoms with E-state index in [2.05, 4.69) is 123 Å². The van der Waals surface area contributed by atoms with Crippen LogP contribution in [0.25, 0.3) is 0 Å². The van der Waals surface area contributed by atoms with Crippen molar-refractivity contribution >= 4 is 37.3 Å². The standard InChI is InChI=1S/C50H67N4O7S2/c1-12-36-18-22-39(23-19-36)61-48-37(20-28-46-49(2,3)42-34-40(62(55,56)57)24-26-44(42)51(46)30-14-32-53(6,7)8)16-13-17-38(48)21-29-47-50(4,5)43-35-41(63(58,59)60)25-27-45(43)52(47)31-15-33-54(9,10)11/h18-29,34-35H,12-17,30-33H2,1-11H3/q+1/p+2. The van der Waals surface area contributed by atoms with E-state index in [4.69, 9.17) is 4.74 Å². The van der Waals surface area contributed by atoms with Gasteiger partial charge in [0, 0.05) is 47.5 Å². The summed E-state index contributed by atoms with van der Waals surface area (Å²) in [7, 11) is 4.25. The van der Waals surface area contributed by atoms with Crippen LogP contribution in [0.4, 0.5) is 11.4 Å². The number of hydrogen-bond acceptors (Lipinski definition) is 6. The second-order valence-electron chi connectivity index (χ2n) is 20.4. The summed E-state index contributed by atoms with van der Waals surface area (Å²) in [5.41, 5.74) is 7.75. The predicted octanol–water partition coefficient (Wildman–Crippen LogP) is 8.99. The molecule has 2 aliphatic heterocycles. The zero-order valence-corrected chi connectivity index (χ0v) is 40.8. The molecule has 3 aromatic rings. The highest BCUT2D eigenvalue weighted by Crippen LogP contribution is 2.49. The summed E-state index contributed by atoms with van der Waals surface area (Å²) in [5.74, 6) is 1.53. The van der Waals surface area contributed by atoms with Gasteiger partial charge in [-0.1, -0.05) is 39.0 Å². The minimum absolute atomic E-state index is 0.117. The monoisotopic (exact) mass is 901 g/mol. The zero-order valence-electron chi connectivity index (χ0n) is 39.2. The van der Waals surface area contributed by atoms with Crippen LogP contribution >= 0.6 is 0 Å². The summed E-state index contributed by atoms with van der Waals surface area (Å²) in [6, 6.07) is 18.0. The minimum atomic E-state index is -4.40. The molecule has 0 spiro atoms. The van der Waals surface area contributed by atoms with Crippen molar-refractivity contribution in [3.05, 3.63) is 124 Å². The van der Waals surface area contributed by atoms with Crippen LogP contribution in [0.15, 0.2) is 117 Å². The van der Waals surface area contributed by atoms with Crippen LogP contribution in [-0.2, 0) is 37.5 Å². The summed E-state index contributed by atoms with van der Waals surface area (Å²) in [6.07, 6.45) is 13.9. The second kappa shape index (κ2) is 17.9. The first kappa shape index (κ1) is 48.1. The van der Waals surface area contributed by atoms with Crippen LogP contribution in [0.2, 0.25) is 0 Å². The van der Waals surface area contributed by atoms with Gasteiger partial charge in [0.15, 0.2) is 12.3 Å². The molecule has 3 aromatic carbocycles. The molecule has 0 amide bonds. The molecule has 0 radical (unpaired) electrons. The fourth-order valence-corrected chi connectivity index (χ4v) is 10.2. The molecule has 0 bridgehead atoms. The average molecular weight is 902 g/mol. The number of ether oxygens (including phenoxy) is 1. The fourth-order valence-electron chi connectivity index (χ4n) is 9.14. The van der Waals surface area contributed by atoms with Gasteiger partial charge in [-0.05, 0) is 116 Å². The van der Waals surface area contributed by atoms with E-state index in [1.807, 2.05) is 24.3 Å². The first-order chi connectivity index (χ1) is 29.2. The fraction of sp³-hybridized carbons (Fsp3) is 0.460. The van der Waals surface area contributed by atoms with Gasteiger partial charge in [-0.2, -0.15) is 21.4 Å². The SMILES string of the molecule is CCc1ccc(OC2=C(/C=C/C3=[N+](CCC[N+](C)(C)C)c4ccc(S(=O)(=O)O)cc4C3(C)C)CCC/C2=C\C=C2\N(CCC[N+](C)(C)C)c3ccc(S(=O)(=O)O)cc3C2(C)C)cc1. The van der Waals surface area contributed by atoms with E-state index in [1.165, 1.54) is 17.7 Å². The lowest BCUT2D eigenvalue weighted by Crippen LogP contribution is -2.37. The van der Waals surface area contributed by atoms with Crippen molar-refractivity contribution in [1.82, 2.24) is 0 Å². The van der Waals surface area contributed by atoms with Crippen LogP contribution in [0, 0.1) is 0 Å². The molecule has 3 aliphatic rings. The molecule has 11 nitrogen and oxygen atoms in total. The number of fused-ring (bicyclic) bond motifs is 2. The maximum absolute atomic E-state index is 12.3. The molecule has 2 N–H and O–H groups in total. The van der Waals surface area contributed by atoms with E-state index in [0.29, 0.717) is 0 Å². The maximum Gasteiger partial charge on any atom is 0.294 e. The summed E-state index contributed by atoms with van der Waals surface area (Å²) in [5, 5.41) is 0. The lowest BCUT2D eigenvalue weighted by Gasteiger charge is -2.29. The number of nitrogens with zero attached hydrogens (tertiary/aromatic N) is 4. The van der Waals surface area contributed by atoms with Crippen LogP contribution < -0.4 is 9.64 Å². The summed E-state index contributed by atoms with van der Waals surface area (Å²) >= 11 is 0. The van der Waals surface area contributed by atoms with E-state index < -0.39 is 31.1 Å². The Morgan fingerprint density at radius 3 is 1.95 bits per heavy atom. The number of quaternary nitrogens is 2. The van der Waals surface area contributed by atoms with Crippen molar-refractivity contribution in [2.75, 3.05) is 73.4 Å². The smallest absolute Gasteiger partial charge is 0.294 e. The van der Waals surface area contributed by atoms with Gasteiger partial charge >= 0.3 is 0 Å². The highest BCUT2D eigenvalue weighted by Gasteiger charge is 2.45. The van der Waals surface area contributed by atoms with E-state index in [-0.39, 0.29) is 9.79 Å². The molecule has 340 valence electrons. The summed E-state index contributed by atoms with van der Waals surface area (Å²) in [6.45, 7) is 13.9. The Balaban J connectivity index is 1.48. The van der Waals surface area contributed by atoms with Gasteiger partial charge in [0.25, 0.3) is 20.2 Å². The highest BCUT2D eigenvalue weighted by molar-refractivity contribution is 7.86. The molecule has 0 atom stereocenters. The third-order valence-corrected chi connectivity index (χ3v) is 14.4. The van der Waals surface area contributed by atoms with Crippen molar-refractivity contribution in [2.45, 2.75) is 93.8 Å². The molecule has 63 heavy (non-hydrogen) atoms. The molecule has 0 saturated heterocycles. The average Bonchev–Trinajstić information content (AvgIpc) is 3.52. The predicted molar refractivity (Wildman–Crippen MR) is 253 cm³/mol. The van der Waals surface area contributed by atoms with Crippen LogP contribution in [0.1, 0.15) is 83.4 Å². The Kier molecular flexibility index (Phi) is 13.7. The summed E-state index contributed by atoms with van der Waals surface area (Å²) in [4.78, 5) is 2.06. The van der Waals surface area contributed by atoms with Gasteiger partial charge in [0.05, 0.1) is 77.0 Å². The van der Waals surface area contributed by atoms with Crippen LogP contribution in [-0.4, -0.2) is 114 Å². The van der Waals surface area contributed by atoms with Gasteiger partial charge in [-0.25, -0.2) is 0 Å². The number of benzene rings is 3. The van der Waals surface area contributed by atoms with Crippen molar-refractivity contribution in [3.8, 4) is 5.75 Å². The molecule has 0 saturated carbocycles. The number of anilines is 1. The molecule has 6 rings (SSSR count). The van der Waals surface area contributed by atoms with Gasteiger partial charge in [0.2, 0.25) is 5.69 Å². The largest absolute Gasteiger partial charge is 0.457 e. The van der Waals surface area contributed by atoms with Gasteiger partial charge < -0.3 is 18.6 Å². The van der Waals surface area contributed by atoms with Gasteiger partial charge in [-0.15, -0.1) is 0 Å². The highest BCUT2D eigenvalue weighted by atomic mass is 32.2. The van der Waals surface area contributed by atoms with E-state index >= 15 is 0 Å². The van der Waals surface area contributed by atoms with Gasteiger partial charge in [-0.3, -0.25) is 9.11 Å². The normalized spacial score (nSPS) is 19.2. The van der Waals surface area contributed by atoms with E-state index in [1.54, 1.807) is 12.1 Å². The third kappa shape index (κ3) is 10.9. The molecule has 0 unspecified atom stereocenters. The minimum Gasteiger partial charge on any atom is -0.457 e. The van der Waals surface area contributed by atoms with Crippen molar-refractivity contribution in [3.63, 3.8) is 0 Å². The van der Waals surface area contributed by atoms with E-state index in [9.17, 15) is 25.9 Å². The lowest BCUT2D eigenvalue weighted by atomic mass is 9.81. The molecule has 13 heteroatoms.